The molecule has 4 nitrogen and oxygen atoms in total. The van der Waals surface area contributed by atoms with Crippen molar-refractivity contribution in [2.45, 2.75) is 26.3 Å². The number of nitrogens with zero attached hydrogens (tertiary/aromatic N) is 1. The van der Waals surface area contributed by atoms with Crippen molar-refractivity contribution >= 4 is 5.84 Å². The number of oxime groups is 1. The Bertz CT molecular complexity index is 363. The monoisotopic (exact) mass is 221 g/mol. The predicted molar refractivity (Wildman–Crippen MR) is 65.6 cm³/mol. The standard InChI is InChI=1S/C12H19N3O/c1-9-5-3-4-6-11(9)10(2)14-8-7-12(13)15-16/h3-6,10,14,16H,7-8H2,1-2H3,(H2,13,15). The number of amidine groups is 1. The van der Waals surface area contributed by atoms with Gasteiger partial charge in [-0.2, -0.15) is 0 Å². The minimum atomic E-state index is 0.254. The molecule has 4 N–H and O–H groups in total. The third-order valence-corrected chi connectivity index (χ3v) is 2.62. The van der Waals surface area contributed by atoms with E-state index >= 15 is 0 Å². The van der Waals surface area contributed by atoms with Crippen LogP contribution in [0.5, 0.6) is 0 Å². The third-order valence-electron chi connectivity index (χ3n) is 2.62. The molecular weight excluding hydrogens is 202 g/mol. The molecule has 0 bridgehead atoms. The molecule has 1 aromatic carbocycles. The fourth-order valence-corrected chi connectivity index (χ4v) is 1.65. The van der Waals surface area contributed by atoms with Crippen LogP contribution in [0.25, 0.3) is 0 Å². The quantitative estimate of drug-likeness (QED) is 0.307. The van der Waals surface area contributed by atoms with Gasteiger partial charge >= 0.3 is 0 Å². The topological polar surface area (TPSA) is 70.6 Å². The van der Waals surface area contributed by atoms with Crippen molar-refractivity contribution in [2.24, 2.45) is 10.9 Å². The van der Waals surface area contributed by atoms with Crippen LogP contribution in [0, 0.1) is 6.92 Å². The highest BCUT2D eigenvalue weighted by molar-refractivity contribution is 5.79. The van der Waals surface area contributed by atoms with E-state index in [1.165, 1.54) is 11.1 Å². The summed E-state index contributed by atoms with van der Waals surface area (Å²) < 4.78 is 0. The summed E-state index contributed by atoms with van der Waals surface area (Å²) in [6, 6.07) is 8.53. The lowest BCUT2D eigenvalue weighted by Gasteiger charge is -2.16. The van der Waals surface area contributed by atoms with Crippen LogP contribution in [-0.4, -0.2) is 17.6 Å². The lowest BCUT2D eigenvalue weighted by Crippen LogP contribution is -2.25. The summed E-state index contributed by atoms with van der Waals surface area (Å²) in [5.74, 6) is 0.254. The van der Waals surface area contributed by atoms with Gasteiger partial charge in [0.2, 0.25) is 0 Å². The Balaban J connectivity index is 2.47. The van der Waals surface area contributed by atoms with Gasteiger partial charge in [0, 0.05) is 19.0 Å². The van der Waals surface area contributed by atoms with Crippen molar-refractivity contribution in [2.75, 3.05) is 6.54 Å². The van der Waals surface area contributed by atoms with Crippen molar-refractivity contribution in [1.82, 2.24) is 5.32 Å². The molecule has 0 aliphatic heterocycles. The molecule has 1 aromatic rings. The Morgan fingerprint density at radius 1 is 1.50 bits per heavy atom. The van der Waals surface area contributed by atoms with Crippen LogP contribution in [0.2, 0.25) is 0 Å². The van der Waals surface area contributed by atoms with Gasteiger partial charge in [0.15, 0.2) is 0 Å². The Morgan fingerprint density at radius 2 is 2.19 bits per heavy atom. The van der Waals surface area contributed by atoms with E-state index in [0.717, 1.165) is 0 Å². The van der Waals surface area contributed by atoms with Gasteiger partial charge in [-0.25, -0.2) is 0 Å². The van der Waals surface area contributed by atoms with E-state index in [4.69, 9.17) is 10.9 Å². The molecule has 4 heteroatoms. The molecule has 0 aromatic heterocycles. The average molecular weight is 221 g/mol. The van der Waals surface area contributed by atoms with E-state index in [1.807, 2.05) is 12.1 Å². The molecule has 0 amide bonds. The maximum Gasteiger partial charge on any atom is 0.140 e. The van der Waals surface area contributed by atoms with Gasteiger partial charge in [-0.1, -0.05) is 29.4 Å². The minimum absolute atomic E-state index is 0.254. The van der Waals surface area contributed by atoms with E-state index in [2.05, 4.69) is 36.5 Å². The average Bonchev–Trinajstić information content (AvgIpc) is 2.29. The summed E-state index contributed by atoms with van der Waals surface area (Å²) >= 11 is 0. The van der Waals surface area contributed by atoms with E-state index in [1.54, 1.807) is 0 Å². The Hall–Kier alpha value is -1.55. The summed E-state index contributed by atoms with van der Waals surface area (Å²) in [4.78, 5) is 0. The highest BCUT2D eigenvalue weighted by Crippen LogP contribution is 2.16. The van der Waals surface area contributed by atoms with Gasteiger partial charge in [-0.3, -0.25) is 0 Å². The molecule has 16 heavy (non-hydrogen) atoms. The van der Waals surface area contributed by atoms with Crippen LogP contribution in [0.1, 0.15) is 30.5 Å². The first-order valence-electron chi connectivity index (χ1n) is 5.40. The molecule has 0 saturated heterocycles. The van der Waals surface area contributed by atoms with Crippen LogP contribution < -0.4 is 11.1 Å². The normalized spacial score (nSPS) is 13.8. The summed E-state index contributed by atoms with van der Waals surface area (Å²) in [5.41, 5.74) is 7.94. The molecular formula is C12H19N3O. The van der Waals surface area contributed by atoms with Crippen molar-refractivity contribution in [3.05, 3.63) is 35.4 Å². The molecule has 88 valence electrons. The zero-order valence-corrected chi connectivity index (χ0v) is 9.77. The SMILES string of the molecule is Cc1ccccc1C(C)NCCC(N)=NO. The van der Waals surface area contributed by atoms with Crippen molar-refractivity contribution in [1.29, 1.82) is 0 Å². The summed E-state index contributed by atoms with van der Waals surface area (Å²) in [5, 5.41) is 14.7. The number of hydrogen-bond donors (Lipinski definition) is 3. The van der Waals surface area contributed by atoms with Gasteiger partial charge in [0.05, 0.1) is 0 Å². The first-order valence-corrected chi connectivity index (χ1v) is 5.40. The second-order valence-corrected chi connectivity index (χ2v) is 3.87. The van der Waals surface area contributed by atoms with Gasteiger partial charge < -0.3 is 16.3 Å². The first-order chi connectivity index (χ1) is 7.65. The number of hydrogen-bond acceptors (Lipinski definition) is 3. The number of aryl methyl sites for hydroxylation is 1. The molecule has 0 heterocycles. The minimum Gasteiger partial charge on any atom is -0.409 e. The van der Waals surface area contributed by atoms with E-state index in [0.29, 0.717) is 13.0 Å². The number of nitrogens with two attached hydrogens (primary N) is 1. The maximum atomic E-state index is 8.40. The van der Waals surface area contributed by atoms with Crippen LogP contribution in [0.4, 0.5) is 0 Å². The van der Waals surface area contributed by atoms with Crippen molar-refractivity contribution < 1.29 is 5.21 Å². The van der Waals surface area contributed by atoms with Gasteiger partial charge in [-0.15, -0.1) is 0 Å². The molecule has 1 atom stereocenters. The predicted octanol–water partition coefficient (Wildman–Crippen LogP) is 1.78. The zero-order valence-electron chi connectivity index (χ0n) is 9.77. The molecule has 1 rings (SSSR count). The summed E-state index contributed by atoms with van der Waals surface area (Å²) in [6.07, 6.45) is 0.548. The van der Waals surface area contributed by atoms with E-state index < -0.39 is 0 Å². The molecule has 0 aliphatic rings. The van der Waals surface area contributed by atoms with Crippen LogP contribution in [0.3, 0.4) is 0 Å². The maximum absolute atomic E-state index is 8.40. The largest absolute Gasteiger partial charge is 0.409 e. The Labute approximate surface area is 96.2 Å². The zero-order chi connectivity index (χ0) is 12.0. The van der Waals surface area contributed by atoms with Gasteiger partial charge in [0.1, 0.15) is 5.84 Å². The summed E-state index contributed by atoms with van der Waals surface area (Å²) in [7, 11) is 0. The van der Waals surface area contributed by atoms with Crippen LogP contribution in [0.15, 0.2) is 29.4 Å². The third kappa shape index (κ3) is 3.55. The second-order valence-electron chi connectivity index (χ2n) is 3.87. The molecule has 0 saturated carbocycles. The molecule has 0 aliphatic carbocycles. The highest BCUT2D eigenvalue weighted by atomic mass is 16.4. The summed E-state index contributed by atoms with van der Waals surface area (Å²) in [6.45, 7) is 4.90. The lowest BCUT2D eigenvalue weighted by atomic mass is 10.0. The van der Waals surface area contributed by atoms with Crippen LogP contribution in [-0.2, 0) is 0 Å². The number of benzene rings is 1. The molecule has 0 radical (unpaired) electrons. The van der Waals surface area contributed by atoms with E-state index in [-0.39, 0.29) is 11.9 Å². The molecule has 1 unspecified atom stereocenters. The van der Waals surface area contributed by atoms with Crippen molar-refractivity contribution in [3.8, 4) is 0 Å². The highest BCUT2D eigenvalue weighted by Gasteiger charge is 2.06. The number of rotatable bonds is 5. The first kappa shape index (κ1) is 12.5. The van der Waals surface area contributed by atoms with Gasteiger partial charge in [0.25, 0.3) is 0 Å². The molecule has 0 spiro atoms. The lowest BCUT2D eigenvalue weighted by molar-refractivity contribution is 0.316. The smallest absolute Gasteiger partial charge is 0.140 e. The fourth-order valence-electron chi connectivity index (χ4n) is 1.65. The number of nitrogens with one attached hydrogen (secondary N) is 1. The van der Waals surface area contributed by atoms with E-state index in [9.17, 15) is 0 Å². The Morgan fingerprint density at radius 3 is 2.81 bits per heavy atom. The van der Waals surface area contributed by atoms with Crippen LogP contribution >= 0.6 is 0 Å². The Kier molecular flexibility index (Phi) is 4.79. The van der Waals surface area contributed by atoms with Crippen molar-refractivity contribution in [3.63, 3.8) is 0 Å². The molecule has 0 fully saturated rings. The fraction of sp³-hybridized carbons (Fsp3) is 0.417. The second kappa shape index (κ2) is 6.12. The van der Waals surface area contributed by atoms with Gasteiger partial charge in [-0.05, 0) is 25.0 Å².